The summed E-state index contributed by atoms with van der Waals surface area (Å²) < 4.78 is 14.6. The number of carbonyl (C=O) groups is 9. The van der Waals surface area contributed by atoms with Gasteiger partial charge in [-0.2, -0.15) is 0 Å². The number of H-pyrrole nitrogens is 1. The summed E-state index contributed by atoms with van der Waals surface area (Å²) in [6, 6.07) is -5.99. The molecule has 0 radical (unpaired) electrons. The molecule has 5 rings (SSSR count). The van der Waals surface area contributed by atoms with E-state index in [9.17, 15) is 67.8 Å². The van der Waals surface area contributed by atoms with Crippen molar-refractivity contribution in [3.8, 4) is 5.75 Å². The normalized spacial score (nSPS) is 28.5. The molecule has 350 valence electrons. The quantitative estimate of drug-likeness (QED) is 0.123. The predicted octanol–water partition coefficient (Wildman–Crippen LogP) is -5.92. The van der Waals surface area contributed by atoms with Crippen LogP contribution in [0, 0.1) is 11.8 Å². The number of carbonyl (C=O) groups excluding carboxylic acids is 9. The summed E-state index contributed by atoms with van der Waals surface area (Å²) >= 11 is 0. The van der Waals surface area contributed by atoms with Gasteiger partial charge in [0.2, 0.25) is 53.2 Å². The molecular formula is C39H54N10O14S. The third-order valence-electron chi connectivity index (χ3n) is 11.5. The highest BCUT2D eigenvalue weighted by Crippen LogP contribution is 2.30. The Morgan fingerprint density at radius 1 is 0.875 bits per heavy atom. The van der Waals surface area contributed by atoms with Crippen LogP contribution in [0.15, 0.2) is 23.2 Å². The molecule has 1 saturated heterocycles. The number of aliphatic hydroxyl groups is 3. The second kappa shape index (κ2) is 21.0. The number of nitrogens with one attached hydrogen (secondary N) is 8. The summed E-state index contributed by atoms with van der Waals surface area (Å²) in [5, 5.41) is 58.8. The molecule has 2 aromatic rings. The minimum Gasteiger partial charge on any atom is -0.508 e. The lowest BCUT2D eigenvalue weighted by atomic mass is 9.93. The van der Waals surface area contributed by atoms with Crippen LogP contribution in [0.5, 0.6) is 5.75 Å². The number of hydrogen-bond donors (Lipinski definition) is 13. The van der Waals surface area contributed by atoms with Gasteiger partial charge in [0.1, 0.15) is 47.0 Å². The molecule has 1 fully saturated rings. The number of fused-ring (bicyclic) bond motifs is 5. The molecule has 2 bridgehead atoms. The van der Waals surface area contributed by atoms with Crippen molar-refractivity contribution in [1.29, 1.82) is 0 Å². The molecule has 4 heterocycles. The Morgan fingerprint density at radius 2 is 1.55 bits per heavy atom. The summed E-state index contributed by atoms with van der Waals surface area (Å²) in [6.07, 6.45) is -4.42. The molecule has 0 saturated carbocycles. The van der Waals surface area contributed by atoms with Crippen LogP contribution in [0.2, 0.25) is 0 Å². The van der Waals surface area contributed by atoms with Crippen LogP contribution in [0.4, 0.5) is 0 Å². The first-order chi connectivity index (χ1) is 30.2. The van der Waals surface area contributed by atoms with Gasteiger partial charge in [-0.05, 0) is 23.6 Å². The smallest absolute Gasteiger partial charge is 0.246 e. The highest BCUT2D eigenvalue weighted by molar-refractivity contribution is 7.85. The number of nitrogens with zero attached hydrogens (tertiary/aromatic N) is 1. The molecule has 14 N–H and O–H groups in total. The van der Waals surface area contributed by atoms with Crippen molar-refractivity contribution in [2.45, 2.75) is 99.9 Å². The van der Waals surface area contributed by atoms with Gasteiger partial charge in [-0.15, -0.1) is 0 Å². The average Bonchev–Trinajstić information content (AvgIpc) is 3.82. The van der Waals surface area contributed by atoms with E-state index in [0.29, 0.717) is 6.42 Å². The fourth-order valence-corrected chi connectivity index (χ4v) is 9.10. The SMILES string of the molecule is CCC(C)[C@@H]1NC(=O)CNC(=O)[C@@H]2Cc3c([nH]c4cc(O)ccc34)S(=O)C[C@H](NC(=O)CNC1=O)C(=O)N[C@@H](CC(N)=O)C(=O)N1CC(O)C[C@H]1C(=O)N[C@@H](C(C)[C@@H](O)CO)C(=O)N2. The number of nitrogens with two attached hydrogens (primary N) is 1. The Bertz CT molecular complexity index is 2200. The first-order valence-electron chi connectivity index (χ1n) is 20.6. The summed E-state index contributed by atoms with van der Waals surface area (Å²) in [5.41, 5.74) is 5.73. The molecule has 3 aliphatic heterocycles. The van der Waals surface area contributed by atoms with E-state index in [4.69, 9.17) is 5.73 Å². The molecule has 0 aliphatic carbocycles. The number of phenolic OH excluding ortho intramolecular Hbond substituents is 1. The van der Waals surface area contributed by atoms with Crippen molar-refractivity contribution < 1.29 is 67.8 Å². The Balaban J connectivity index is 1.73. The van der Waals surface area contributed by atoms with Crippen LogP contribution in [0.3, 0.4) is 0 Å². The van der Waals surface area contributed by atoms with Crippen LogP contribution in [-0.4, -0.2) is 168 Å². The average molecular weight is 919 g/mol. The molecule has 25 heteroatoms. The summed E-state index contributed by atoms with van der Waals surface area (Å²) in [4.78, 5) is 127. The predicted molar refractivity (Wildman–Crippen MR) is 222 cm³/mol. The van der Waals surface area contributed by atoms with Crippen LogP contribution in [0.1, 0.15) is 45.6 Å². The third kappa shape index (κ3) is 11.5. The molecule has 3 aliphatic rings. The van der Waals surface area contributed by atoms with Gasteiger partial charge in [0.05, 0.1) is 60.4 Å². The Hall–Kier alpha value is -6.18. The van der Waals surface area contributed by atoms with Gasteiger partial charge >= 0.3 is 0 Å². The van der Waals surface area contributed by atoms with Crippen LogP contribution in [-0.2, 0) is 60.4 Å². The number of phenols is 1. The number of aromatic nitrogens is 1. The number of amides is 9. The first-order valence-corrected chi connectivity index (χ1v) is 21.9. The molecule has 11 atom stereocenters. The van der Waals surface area contributed by atoms with Crippen molar-refractivity contribution >= 4 is 74.9 Å². The standard InChI is InChI=1S/C39H54N10O14S/c1-4-16(2)31-36(60)42-11-29(55)43-25-15-64(63)38-21(20-6-5-18(51)7-22(20)46-38)9-23(33(57)41-12-30(56)47-31)44-37(61)32(17(3)27(53)14-50)48-35(59)26-8-19(52)13-49(26)39(62)24(10-28(40)54)45-34(25)58/h5-7,16-17,19,23-27,31-32,46,50-53H,4,8-15H2,1-3H3,(H2,40,54)(H,41,57)(H,42,60)(H,43,55)(H,44,61)(H,45,58)(H,47,56)(H,48,59)/t16?,17?,19?,23-,24-,25-,26-,27-,31-,32-,64?/m0/s1. The van der Waals surface area contributed by atoms with Crippen molar-refractivity contribution in [1.82, 2.24) is 47.1 Å². The number of primary amides is 1. The van der Waals surface area contributed by atoms with E-state index in [2.05, 4.69) is 42.2 Å². The van der Waals surface area contributed by atoms with Crippen LogP contribution < -0.4 is 43.0 Å². The van der Waals surface area contributed by atoms with Crippen molar-refractivity contribution in [3.05, 3.63) is 23.8 Å². The minimum absolute atomic E-state index is 0.0800. The van der Waals surface area contributed by atoms with Gasteiger partial charge in [0.25, 0.3) is 0 Å². The van der Waals surface area contributed by atoms with Crippen LogP contribution in [0.25, 0.3) is 10.9 Å². The maximum absolute atomic E-state index is 14.6. The van der Waals surface area contributed by atoms with Crippen LogP contribution >= 0.6 is 0 Å². The molecule has 0 spiro atoms. The molecule has 1 aromatic heterocycles. The number of benzene rings is 1. The van der Waals surface area contributed by atoms with E-state index in [-0.39, 0.29) is 27.2 Å². The third-order valence-corrected chi connectivity index (χ3v) is 13.0. The minimum atomic E-state index is -2.38. The molecule has 9 amide bonds. The zero-order valence-corrected chi connectivity index (χ0v) is 36.0. The van der Waals surface area contributed by atoms with E-state index in [1.807, 2.05) is 0 Å². The van der Waals surface area contributed by atoms with Crippen molar-refractivity contribution in [2.24, 2.45) is 17.6 Å². The van der Waals surface area contributed by atoms with Gasteiger partial charge in [-0.3, -0.25) is 47.4 Å². The van der Waals surface area contributed by atoms with Gasteiger partial charge in [0, 0.05) is 36.8 Å². The van der Waals surface area contributed by atoms with E-state index >= 15 is 0 Å². The van der Waals surface area contributed by atoms with E-state index in [1.165, 1.54) is 25.1 Å². The van der Waals surface area contributed by atoms with Gasteiger partial charge < -0.3 is 73.3 Å². The summed E-state index contributed by atoms with van der Waals surface area (Å²) in [7, 11) is -2.38. The molecule has 1 aromatic carbocycles. The number of aromatic hydroxyl groups is 1. The summed E-state index contributed by atoms with van der Waals surface area (Å²) in [6.45, 7) is 1.76. The molecule has 24 nitrogen and oxygen atoms in total. The maximum Gasteiger partial charge on any atom is 0.246 e. The van der Waals surface area contributed by atoms with E-state index in [1.54, 1.807) is 13.8 Å². The van der Waals surface area contributed by atoms with Gasteiger partial charge in [-0.1, -0.05) is 27.2 Å². The fraction of sp³-hybridized carbons (Fsp3) is 0.564. The van der Waals surface area contributed by atoms with Crippen molar-refractivity contribution in [3.63, 3.8) is 0 Å². The highest BCUT2D eigenvalue weighted by atomic mass is 32.2. The molecule has 4 unspecified atom stereocenters. The molecule has 64 heavy (non-hydrogen) atoms. The number of aromatic amines is 1. The largest absolute Gasteiger partial charge is 0.508 e. The zero-order chi connectivity index (χ0) is 47.2. The zero-order valence-electron chi connectivity index (χ0n) is 35.2. The summed E-state index contributed by atoms with van der Waals surface area (Å²) in [5.74, 6) is -12.1. The Kier molecular flexibility index (Phi) is 16.0. The van der Waals surface area contributed by atoms with Crippen molar-refractivity contribution in [2.75, 3.05) is 32.0 Å². The van der Waals surface area contributed by atoms with Gasteiger partial charge in [-0.25, -0.2) is 0 Å². The Morgan fingerprint density at radius 3 is 2.20 bits per heavy atom. The number of hydrogen-bond acceptors (Lipinski definition) is 14. The fourth-order valence-electron chi connectivity index (χ4n) is 7.70. The second-order valence-corrected chi connectivity index (χ2v) is 17.6. The lowest BCUT2D eigenvalue weighted by molar-refractivity contribution is -0.144. The first kappa shape index (κ1) is 48.8. The second-order valence-electron chi connectivity index (χ2n) is 16.1. The van der Waals surface area contributed by atoms with E-state index in [0.717, 1.165) is 4.90 Å². The van der Waals surface area contributed by atoms with E-state index < -0.39 is 176 Å². The number of rotatable bonds is 7. The molecular weight excluding hydrogens is 865 g/mol. The Labute approximate surface area is 368 Å². The number of aliphatic hydroxyl groups excluding tert-OH is 3. The van der Waals surface area contributed by atoms with Gasteiger partial charge in [0.15, 0.2) is 0 Å². The lowest BCUT2D eigenvalue weighted by Gasteiger charge is -2.32. The topological polar surface area (TPSA) is 381 Å². The maximum atomic E-state index is 14.6. The monoisotopic (exact) mass is 918 g/mol. The lowest BCUT2D eigenvalue weighted by Crippen LogP contribution is -2.62. The highest BCUT2D eigenvalue weighted by Gasteiger charge is 2.45.